The number of hydrogen-bond donors (Lipinski definition) is 1. The number of rotatable bonds is 3. The summed E-state index contributed by atoms with van der Waals surface area (Å²) in [4.78, 5) is 24.1. The first-order valence-corrected chi connectivity index (χ1v) is 8.99. The van der Waals surface area contributed by atoms with Gasteiger partial charge in [-0.25, -0.2) is 4.98 Å². The van der Waals surface area contributed by atoms with Gasteiger partial charge in [-0.05, 0) is 18.2 Å². The highest BCUT2D eigenvalue weighted by molar-refractivity contribution is 6.30. The number of H-pyrrole nitrogens is 1. The summed E-state index contributed by atoms with van der Waals surface area (Å²) in [5, 5.41) is 0.742. The maximum absolute atomic E-state index is 12.1. The van der Waals surface area contributed by atoms with Gasteiger partial charge in [-0.2, -0.15) is 0 Å². The summed E-state index contributed by atoms with van der Waals surface area (Å²) >= 11 is 6.09. The van der Waals surface area contributed by atoms with Gasteiger partial charge in [0, 0.05) is 48.5 Å². The van der Waals surface area contributed by atoms with Crippen molar-refractivity contribution in [1.29, 1.82) is 0 Å². The molecule has 26 heavy (non-hydrogen) atoms. The minimum absolute atomic E-state index is 0.133. The Morgan fingerprint density at radius 2 is 1.62 bits per heavy atom. The van der Waals surface area contributed by atoms with E-state index in [1.54, 1.807) is 6.07 Å². The van der Waals surface area contributed by atoms with Crippen LogP contribution in [0.1, 0.15) is 0 Å². The van der Waals surface area contributed by atoms with Crippen molar-refractivity contribution in [3.05, 3.63) is 76.0 Å². The molecule has 1 aliphatic heterocycles. The number of piperazine rings is 1. The smallest absolute Gasteiger partial charge is 0.252 e. The molecule has 5 nitrogen and oxygen atoms in total. The van der Waals surface area contributed by atoms with E-state index in [9.17, 15) is 4.79 Å². The fourth-order valence-electron chi connectivity index (χ4n) is 3.20. The molecular formula is C20H19ClN4O. The van der Waals surface area contributed by atoms with Crippen molar-refractivity contribution in [2.24, 2.45) is 0 Å². The van der Waals surface area contributed by atoms with Crippen LogP contribution < -0.4 is 15.4 Å². The molecule has 0 saturated carbocycles. The molecule has 0 spiro atoms. The van der Waals surface area contributed by atoms with Crippen molar-refractivity contribution in [2.45, 2.75) is 0 Å². The summed E-state index contributed by atoms with van der Waals surface area (Å²) in [6, 6.07) is 19.2. The molecule has 0 amide bonds. The Hall–Kier alpha value is -2.79. The largest absolute Gasteiger partial charge is 0.368 e. The average molecular weight is 367 g/mol. The quantitative estimate of drug-likeness (QED) is 0.771. The highest BCUT2D eigenvalue weighted by atomic mass is 35.5. The minimum Gasteiger partial charge on any atom is -0.368 e. The number of hydrogen-bond acceptors (Lipinski definition) is 4. The second-order valence-corrected chi connectivity index (χ2v) is 6.71. The highest BCUT2D eigenvalue weighted by Crippen LogP contribution is 2.22. The predicted octanol–water partition coefficient (Wildman–Crippen LogP) is 3.42. The van der Waals surface area contributed by atoms with Gasteiger partial charge in [0.05, 0.1) is 5.69 Å². The van der Waals surface area contributed by atoms with Gasteiger partial charge >= 0.3 is 0 Å². The lowest BCUT2D eigenvalue weighted by molar-refractivity contribution is 0.639. The van der Waals surface area contributed by atoms with Crippen molar-refractivity contribution < 1.29 is 0 Å². The Morgan fingerprint density at radius 3 is 2.35 bits per heavy atom. The fourth-order valence-corrected chi connectivity index (χ4v) is 3.39. The summed E-state index contributed by atoms with van der Waals surface area (Å²) < 4.78 is 0. The predicted molar refractivity (Wildman–Crippen MR) is 106 cm³/mol. The molecule has 0 radical (unpaired) electrons. The highest BCUT2D eigenvalue weighted by Gasteiger charge is 2.20. The lowest BCUT2D eigenvalue weighted by Crippen LogP contribution is -2.47. The van der Waals surface area contributed by atoms with Gasteiger partial charge in [0.15, 0.2) is 0 Å². The second-order valence-electron chi connectivity index (χ2n) is 6.27. The Balaban J connectivity index is 1.53. The Bertz CT molecular complexity index is 949. The molecule has 1 N–H and O–H groups in total. The standard InChI is InChI=1S/C20H19ClN4O/c21-16-7-4-8-17(13-16)24-9-11-25(12-10-24)20-22-18(14-19(26)23-20)15-5-2-1-3-6-15/h1-8,13-14H,9-12H2,(H,22,23,26). The third-order valence-corrected chi connectivity index (χ3v) is 4.79. The third kappa shape index (κ3) is 3.58. The summed E-state index contributed by atoms with van der Waals surface area (Å²) in [5.41, 5.74) is 2.63. The van der Waals surface area contributed by atoms with Crippen LogP contribution in [0, 0.1) is 0 Å². The summed E-state index contributed by atoms with van der Waals surface area (Å²) in [6.07, 6.45) is 0. The van der Waals surface area contributed by atoms with Crippen molar-refractivity contribution in [2.75, 3.05) is 36.0 Å². The van der Waals surface area contributed by atoms with Crippen molar-refractivity contribution in [3.8, 4) is 11.3 Å². The van der Waals surface area contributed by atoms with Crippen LogP contribution in [0.25, 0.3) is 11.3 Å². The maximum atomic E-state index is 12.1. The van der Waals surface area contributed by atoms with Gasteiger partial charge in [0.2, 0.25) is 5.95 Å². The Kier molecular flexibility index (Phi) is 4.63. The minimum atomic E-state index is -0.133. The van der Waals surface area contributed by atoms with E-state index >= 15 is 0 Å². The van der Waals surface area contributed by atoms with Crippen LogP contribution in [0.5, 0.6) is 0 Å². The van der Waals surface area contributed by atoms with Crippen molar-refractivity contribution in [1.82, 2.24) is 9.97 Å². The van der Waals surface area contributed by atoms with E-state index in [0.29, 0.717) is 11.6 Å². The van der Waals surface area contributed by atoms with Crippen LogP contribution in [0.15, 0.2) is 65.5 Å². The molecule has 0 unspecified atom stereocenters. The molecule has 3 aromatic rings. The second kappa shape index (κ2) is 7.22. The van der Waals surface area contributed by atoms with E-state index in [2.05, 4.69) is 25.8 Å². The number of nitrogens with zero attached hydrogens (tertiary/aromatic N) is 3. The first kappa shape index (κ1) is 16.7. The molecule has 1 saturated heterocycles. The fraction of sp³-hybridized carbons (Fsp3) is 0.200. The molecule has 4 rings (SSSR count). The van der Waals surface area contributed by atoms with Gasteiger partial charge in [-0.3, -0.25) is 9.78 Å². The zero-order chi connectivity index (χ0) is 17.9. The number of anilines is 2. The molecule has 0 atom stereocenters. The van der Waals surface area contributed by atoms with Crippen molar-refractivity contribution >= 4 is 23.2 Å². The number of benzene rings is 2. The van der Waals surface area contributed by atoms with Crippen LogP contribution in [0.2, 0.25) is 5.02 Å². The zero-order valence-electron chi connectivity index (χ0n) is 14.2. The number of halogens is 1. The lowest BCUT2D eigenvalue weighted by Gasteiger charge is -2.36. The Labute approximate surface area is 156 Å². The molecule has 1 fully saturated rings. The number of aromatic nitrogens is 2. The van der Waals surface area contributed by atoms with Gasteiger partial charge < -0.3 is 9.80 Å². The van der Waals surface area contributed by atoms with Gasteiger partial charge in [0.1, 0.15) is 0 Å². The third-order valence-electron chi connectivity index (χ3n) is 4.55. The molecule has 0 bridgehead atoms. The molecule has 132 valence electrons. The first-order chi connectivity index (χ1) is 12.7. The van der Waals surface area contributed by atoms with Crippen LogP contribution in [0.4, 0.5) is 11.6 Å². The van der Waals surface area contributed by atoms with E-state index < -0.39 is 0 Å². The Morgan fingerprint density at radius 1 is 0.885 bits per heavy atom. The van der Waals surface area contributed by atoms with Crippen LogP contribution >= 0.6 is 11.6 Å². The first-order valence-electron chi connectivity index (χ1n) is 8.61. The van der Waals surface area contributed by atoms with E-state index in [0.717, 1.165) is 42.5 Å². The van der Waals surface area contributed by atoms with Gasteiger partial charge in [0.25, 0.3) is 5.56 Å². The molecule has 2 aromatic carbocycles. The van der Waals surface area contributed by atoms with E-state index in [4.69, 9.17) is 11.6 Å². The molecule has 1 aromatic heterocycles. The van der Waals surface area contributed by atoms with Crippen molar-refractivity contribution in [3.63, 3.8) is 0 Å². The van der Waals surface area contributed by atoms with Crippen LogP contribution in [-0.2, 0) is 0 Å². The SMILES string of the molecule is O=c1cc(-c2ccccc2)nc(N2CCN(c3cccc(Cl)c3)CC2)[nH]1. The molecule has 0 aliphatic carbocycles. The molecule has 1 aliphatic rings. The van der Waals surface area contributed by atoms with Gasteiger partial charge in [-0.15, -0.1) is 0 Å². The van der Waals surface area contributed by atoms with Gasteiger partial charge in [-0.1, -0.05) is 48.0 Å². The summed E-state index contributed by atoms with van der Waals surface area (Å²) in [5.74, 6) is 0.627. The van der Waals surface area contributed by atoms with E-state index in [1.165, 1.54) is 0 Å². The van der Waals surface area contributed by atoms with E-state index in [-0.39, 0.29) is 5.56 Å². The summed E-state index contributed by atoms with van der Waals surface area (Å²) in [6.45, 7) is 3.26. The van der Waals surface area contributed by atoms with E-state index in [1.807, 2.05) is 48.5 Å². The maximum Gasteiger partial charge on any atom is 0.252 e. The number of nitrogens with one attached hydrogen (secondary N) is 1. The zero-order valence-corrected chi connectivity index (χ0v) is 15.0. The number of aromatic amines is 1. The lowest BCUT2D eigenvalue weighted by atomic mass is 10.1. The average Bonchev–Trinajstić information content (AvgIpc) is 2.68. The van der Waals surface area contributed by atoms with Crippen LogP contribution in [0.3, 0.4) is 0 Å². The molecular weight excluding hydrogens is 348 g/mol. The molecule has 6 heteroatoms. The van der Waals surface area contributed by atoms with Crippen LogP contribution in [-0.4, -0.2) is 36.1 Å². The normalized spacial score (nSPS) is 14.5. The topological polar surface area (TPSA) is 52.2 Å². The monoisotopic (exact) mass is 366 g/mol. The molecule has 2 heterocycles. The summed E-state index contributed by atoms with van der Waals surface area (Å²) in [7, 11) is 0.